The van der Waals surface area contributed by atoms with Gasteiger partial charge in [-0.2, -0.15) is 30.7 Å². The van der Waals surface area contributed by atoms with Crippen molar-refractivity contribution in [3.63, 3.8) is 0 Å². The highest BCUT2D eigenvalue weighted by Crippen LogP contribution is 2.49. The predicted octanol–water partition coefficient (Wildman–Crippen LogP) is 4.15. The molecule has 1 aromatic rings. The fourth-order valence-corrected chi connectivity index (χ4v) is 4.08. The molecule has 2 rings (SSSR count). The van der Waals surface area contributed by atoms with Crippen molar-refractivity contribution in [2.45, 2.75) is 35.9 Å². The highest BCUT2D eigenvalue weighted by molar-refractivity contribution is 8.13. The van der Waals surface area contributed by atoms with Crippen LogP contribution in [0.3, 0.4) is 0 Å². The Morgan fingerprint density at radius 2 is 1.93 bits per heavy atom. The summed E-state index contributed by atoms with van der Waals surface area (Å²) in [6.45, 7) is 2.18. The number of cyclic esters (lactones) is 1. The molecule has 1 aromatic carbocycles. The van der Waals surface area contributed by atoms with Crippen LogP contribution in [-0.2, 0) is 9.57 Å². The van der Waals surface area contributed by atoms with Crippen molar-refractivity contribution in [1.82, 2.24) is 10.3 Å². The number of hydrazine groups is 1. The third-order valence-electron chi connectivity index (χ3n) is 5.31. The van der Waals surface area contributed by atoms with Gasteiger partial charge in [-0.15, -0.1) is 0 Å². The van der Waals surface area contributed by atoms with E-state index in [1.54, 1.807) is 6.92 Å². The number of alkyl halides is 7. The van der Waals surface area contributed by atoms with Gasteiger partial charge in [0.2, 0.25) is 0 Å². The Bertz CT molecular complexity index is 1300. The number of carbonyl (C=O) groups is 2. The van der Waals surface area contributed by atoms with E-state index in [0.29, 0.717) is 18.3 Å². The number of rotatable bonds is 11. The lowest BCUT2D eigenvalue weighted by Gasteiger charge is -2.28. The normalized spacial score (nSPS) is 17.5. The van der Waals surface area contributed by atoms with Gasteiger partial charge in [0.15, 0.2) is 5.17 Å². The first kappa shape index (κ1) is 35.3. The number of ether oxygens (including phenoxy) is 1. The van der Waals surface area contributed by atoms with Crippen molar-refractivity contribution >= 4 is 40.8 Å². The second kappa shape index (κ2) is 14.5. The summed E-state index contributed by atoms with van der Waals surface area (Å²) in [7, 11) is 1.21. The maximum absolute atomic E-state index is 14.4. The third-order valence-corrected chi connectivity index (χ3v) is 6.33. The zero-order valence-electron chi connectivity index (χ0n) is 22.2. The van der Waals surface area contributed by atoms with E-state index in [1.807, 2.05) is 0 Å². The van der Waals surface area contributed by atoms with Gasteiger partial charge in [0.05, 0.1) is 31.5 Å². The van der Waals surface area contributed by atoms with Crippen molar-refractivity contribution in [3.05, 3.63) is 47.4 Å². The first-order valence-corrected chi connectivity index (χ1v) is 12.6. The van der Waals surface area contributed by atoms with Crippen molar-refractivity contribution in [2.75, 3.05) is 32.2 Å². The van der Waals surface area contributed by atoms with Crippen LogP contribution in [-0.4, -0.2) is 79.2 Å². The van der Waals surface area contributed by atoms with Gasteiger partial charge in [0, 0.05) is 29.4 Å². The van der Waals surface area contributed by atoms with Crippen LogP contribution >= 0.6 is 11.8 Å². The summed E-state index contributed by atoms with van der Waals surface area (Å²) in [5.74, 6) is -10.5. The van der Waals surface area contributed by atoms with Gasteiger partial charge in [-0.05, 0) is 31.2 Å². The molecule has 238 valence electrons. The number of aliphatic imine (C=N–C) groups is 2. The summed E-state index contributed by atoms with van der Waals surface area (Å²) in [5.41, 5.74) is 6.81. The minimum atomic E-state index is -6.75. The van der Waals surface area contributed by atoms with E-state index in [4.69, 9.17) is 21.2 Å². The van der Waals surface area contributed by atoms with Crippen LogP contribution < -0.4 is 22.5 Å². The number of halogens is 8. The molecule has 6 N–H and O–H groups in total. The maximum atomic E-state index is 14.4. The monoisotopic (exact) mass is 647 g/mol. The first-order valence-electron chi connectivity index (χ1n) is 11.8. The highest BCUT2D eigenvalue weighted by atomic mass is 32.2. The lowest BCUT2D eigenvalue weighted by atomic mass is 10.0. The number of allylic oxidation sites excluding steroid dienone is 3. The van der Waals surface area contributed by atoms with Crippen LogP contribution in [0, 0.1) is 0 Å². The van der Waals surface area contributed by atoms with E-state index in [9.17, 15) is 44.7 Å². The van der Waals surface area contributed by atoms with Crippen molar-refractivity contribution in [2.24, 2.45) is 21.6 Å². The van der Waals surface area contributed by atoms with Gasteiger partial charge in [-0.3, -0.25) is 20.1 Å². The topological polar surface area (TPSA) is 157 Å². The largest absolute Gasteiger partial charge is 0.460 e. The molecular formula is C23H25F8N7O4S. The van der Waals surface area contributed by atoms with Gasteiger partial charge in [-0.25, -0.2) is 20.0 Å². The van der Waals surface area contributed by atoms with Crippen LogP contribution in [0.2, 0.25) is 0 Å². The second-order valence-electron chi connectivity index (χ2n) is 8.45. The molecule has 43 heavy (non-hydrogen) atoms. The van der Waals surface area contributed by atoms with Gasteiger partial charge in [0.1, 0.15) is 11.9 Å². The first-order chi connectivity index (χ1) is 20.0. The Labute approximate surface area is 243 Å². The summed E-state index contributed by atoms with van der Waals surface area (Å²) in [6, 6.07) is 3.75. The lowest BCUT2D eigenvalue weighted by Crippen LogP contribution is -2.53. The van der Waals surface area contributed by atoms with Crippen LogP contribution in [0.15, 0.2) is 56.8 Å². The van der Waals surface area contributed by atoms with Crippen LogP contribution in [0.4, 0.5) is 45.6 Å². The van der Waals surface area contributed by atoms with Gasteiger partial charge < -0.3 is 20.8 Å². The van der Waals surface area contributed by atoms with Crippen molar-refractivity contribution < 1.29 is 54.3 Å². The summed E-state index contributed by atoms with van der Waals surface area (Å²) in [6.07, 6.45) is -8.35. The molecule has 2 amide bonds. The smallest absolute Gasteiger partial charge is 0.445 e. The molecule has 1 saturated heterocycles. The molecule has 0 radical (unpaired) electrons. The zero-order chi connectivity index (χ0) is 32.6. The molecule has 1 fully saturated rings. The molecule has 1 aliphatic heterocycles. The Morgan fingerprint density at radius 3 is 2.47 bits per heavy atom. The fourth-order valence-electron chi connectivity index (χ4n) is 3.27. The molecule has 20 heteroatoms. The van der Waals surface area contributed by atoms with Crippen LogP contribution in [0.25, 0.3) is 0 Å². The van der Waals surface area contributed by atoms with Crippen LogP contribution in [0.1, 0.15) is 17.3 Å². The van der Waals surface area contributed by atoms with Crippen molar-refractivity contribution in [3.8, 4) is 0 Å². The molecule has 1 atom stereocenters. The molecule has 0 spiro atoms. The number of anilines is 1. The van der Waals surface area contributed by atoms with Crippen LogP contribution in [0.5, 0.6) is 0 Å². The number of benzene rings is 1. The minimum Gasteiger partial charge on any atom is -0.445 e. The summed E-state index contributed by atoms with van der Waals surface area (Å²) >= 11 is 0.715. The maximum Gasteiger partial charge on any atom is 0.460 e. The Morgan fingerprint density at radius 1 is 1.26 bits per heavy atom. The van der Waals surface area contributed by atoms with E-state index in [2.05, 4.69) is 20.9 Å². The quantitative estimate of drug-likeness (QED) is 0.0527. The Kier molecular flexibility index (Phi) is 11.9. The standard InChI is InChI=1S/C23H25F8N7O4S/c1-12-11-38(20(40)42-12)6-5-34-19(36-33)43-17-4-3-15(37-41-2)8-16(17)18(39)35-10-13(7-14(24)9-32)21(25,26)22(27,28)23(29,30)31/h3-4,7-10,12,37H,5-6,11,32-33H2,1-2H3,(H,34,36)/b13-7+,14-9-,35-10?. The zero-order valence-corrected chi connectivity index (χ0v) is 23.0. The number of amides is 2. The number of nitrogens with zero attached hydrogens (tertiary/aromatic N) is 3. The SMILES string of the molecule is CONc1ccc(SC(=NCCN2CC(C)OC2=O)NN)c(C(=O)N=C/C(=C\C(F)=C\N)C(F)(F)C(F)(F)C(F)(F)F)c1. The van der Waals surface area contributed by atoms with E-state index in [-0.39, 0.29) is 47.4 Å². The molecule has 11 nitrogen and oxygen atoms in total. The summed E-state index contributed by atoms with van der Waals surface area (Å²) < 4.78 is 113. The van der Waals surface area contributed by atoms with E-state index < -0.39 is 53.1 Å². The summed E-state index contributed by atoms with van der Waals surface area (Å²) in [5, 5.41) is -0.0156. The highest BCUT2D eigenvalue weighted by Gasteiger charge is 2.74. The summed E-state index contributed by atoms with van der Waals surface area (Å²) in [4.78, 5) is 38.0. The van der Waals surface area contributed by atoms with Gasteiger partial charge in [0.25, 0.3) is 5.91 Å². The fraction of sp³-hybridized carbons (Fsp3) is 0.391. The number of thioether (sulfide) groups is 1. The van der Waals surface area contributed by atoms with Gasteiger partial charge >= 0.3 is 24.1 Å². The lowest BCUT2D eigenvalue weighted by molar-refractivity contribution is -0.343. The molecule has 0 aromatic heterocycles. The average Bonchev–Trinajstić information content (AvgIpc) is 3.26. The number of nitrogens with two attached hydrogens (primary N) is 2. The Balaban J connectivity index is 2.44. The van der Waals surface area contributed by atoms with E-state index >= 15 is 0 Å². The second-order valence-corrected chi connectivity index (χ2v) is 9.48. The van der Waals surface area contributed by atoms with E-state index in [0.717, 1.165) is 6.07 Å². The molecule has 1 aliphatic rings. The Hall–Kier alpha value is -3.91. The molecule has 1 unspecified atom stereocenters. The molecule has 0 bridgehead atoms. The molecule has 0 aliphatic carbocycles. The van der Waals surface area contributed by atoms with E-state index in [1.165, 1.54) is 24.1 Å². The minimum absolute atomic E-state index is 0.000605. The molecular weight excluding hydrogens is 622 g/mol. The number of hydrogen-bond acceptors (Lipinski definition) is 9. The molecule has 0 saturated carbocycles. The number of nitrogens with one attached hydrogen (secondary N) is 2. The number of carbonyl (C=O) groups excluding carboxylic acids is 2. The van der Waals surface area contributed by atoms with Crippen molar-refractivity contribution in [1.29, 1.82) is 0 Å². The predicted molar refractivity (Wildman–Crippen MR) is 140 cm³/mol. The van der Waals surface area contributed by atoms with Gasteiger partial charge in [-0.1, -0.05) is 11.8 Å². The average molecular weight is 648 g/mol. The number of amidine groups is 1. The molecule has 1 heterocycles. The third kappa shape index (κ3) is 8.80. The number of hydrogen-bond donors (Lipinski definition) is 4.